The quantitative estimate of drug-likeness (QED) is 0.755. The van der Waals surface area contributed by atoms with Crippen molar-refractivity contribution >= 4 is 27.3 Å². The Balaban J connectivity index is 2.20. The van der Waals surface area contributed by atoms with Crippen LogP contribution in [0.4, 0.5) is 11.5 Å². The zero-order chi connectivity index (χ0) is 14.0. The third-order valence-corrected chi connectivity index (χ3v) is 4.74. The summed E-state index contributed by atoms with van der Waals surface area (Å²) < 4.78 is 27.3. The van der Waals surface area contributed by atoms with E-state index in [1.165, 1.54) is 19.4 Å². The second-order valence-electron chi connectivity index (χ2n) is 4.36. The van der Waals surface area contributed by atoms with E-state index in [0.717, 1.165) is 0 Å². The molecule has 7 nitrogen and oxygen atoms in total. The van der Waals surface area contributed by atoms with E-state index in [-0.39, 0.29) is 28.8 Å². The molecule has 19 heavy (non-hydrogen) atoms. The molecule has 0 saturated carbocycles. The number of aromatic nitrogens is 1. The first-order valence-electron chi connectivity index (χ1n) is 5.72. The summed E-state index contributed by atoms with van der Waals surface area (Å²) in [5, 5.41) is 2.96. The third kappa shape index (κ3) is 2.95. The Hall–Kier alpha value is -1.83. The number of nitrogens with one attached hydrogen (secondary N) is 1. The minimum absolute atomic E-state index is 0.0522. The number of esters is 1. The molecule has 1 atom stereocenters. The van der Waals surface area contributed by atoms with E-state index >= 15 is 0 Å². The smallest absolute Gasteiger partial charge is 0.340 e. The normalized spacial score (nSPS) is 21.0. The lowest BCUT2D eigenvalue weighted by Crippen LogP contribution is -2.22. The number of carbonyl (C=O) groups is 1. The van der Waals surface area contributed by atoms with Crippen molar-refractivity contribution < 1.29 is 17.9 Å². The molecule has 1 aliphatic heterocycles. The standard InChI is InChI=1S/C11H15N3O4S/c1-18-11(15)8-2-4-13-10(9(8)12)14-7-3-5-19(16,17)6-7/h2,4,7H,3,5-6,12H2,1H3,(H,13,14). The van der Waals surface area contributed by atoms with Gasteiger partial charge in [-0.05, 0) is 12.5 Å². The van der Waals surface area contributed by atoms with Gasteiger partial charge < -0.3 is 15.8 Å². The molecular weight excluding hydrogens is 270 g/mol. The van der Waals surface area contributed by atoms with E-state index in [2.05, 4.69) is 15.0 Å². The number of sulfone groups is 1. The van der Waals surface area contributed by atoms with Crippen molar-refractivity contribution in [2.75, 3.05) is 29.7 Å². The highest BCUT2D eigenvalue weighted by atomic mass is 32.2. The Morgan fingerprint density at radius 3 is 2.89 bits per heavy atom. The van der Waals surface area contributed by atoms with Crippen LogP contribution in [-0.2, 0) is 14.6 Å². The average Bonchev–Trinajstić information content (AvgIpc) is 2.70. The van der Waals surface area contributed by atoms with E-state index in [9.17, 15) is 13.2 Å². The van der Waals surface area contributed by atoms with Crippen molar-refractivity contribution in [3.63, 3.8) is 0 Å². The van der Waals surface area contributed by atoms with E-state index in [1.807, 2.05) is 0 Å². The number of rotatable bonds is 3. The molecule has 0 bridgehead atoms. The second-order valence-corrected chi connectivity index (χ2v) is 6.59. The molecule has 1 aromatic heterocycles. The first-order chi connectivity index (χ1) is 8.93. The van der Waals surface area contributed by atoms with E-state index < -0.39 is 15.8 Å². The van der Waals surface area contributed by atoms with Crippen LogP contribution in [0.5, 0.6) is 0 Å². The zero-order valence-corrected chi connectivity index (χ0v) is 11.2. The van der Waals surface area contributed by atoms with E-state index in [4.69, 9.17) is 5.73 Å². The van der Waals surface area contributed by atoms with Gasteiger partial charge >= 0.3 is 5.97 Å². The first kappa shape index (κ1) is 13.6. The predicted octanol–water partition coefficient (Wildman–Crippen LogP) is 0.0494. The van der Waals surface area contributed by atoms with Crippen LogP contribution in [0, 0.1) is 0 Å². The molecule has 104 valence electrons. The Kier molecular flexibility index (Phi) is 3.61. The molecule has 2 heterocycles. The number of anilines is 2. The summed E-state index contributed by atoms with van der Waals surface area (Å²) in [5.74, 6) is -0.0373. The largest absolute Gasteiger partial charge is 0.465 e. The van der Waals surface area contributed by atoms with Crippen molar-refractivity contribution in [1.29, 1.82) is 0 Å². The summed E-state index contributed by atoms with van der Waals surface area (Å²) in [6.45, 7) is 0. The molecule has 1 saturated heterocycles. The number of nitrogens with two attached hydrogens (primary N) is 1. The fraction of sp³-hybridized carbons (Fsp3) is 0.455. The monoisotopic (exact) mass is 285 g/mol. The molecule has 8 heteroatoms. The topological polar surface area (TPSA) is 111 Å². The van der Waals surface area contributed by atoms with Gasteiger partial charge in [-0.25, -0.2) is 18.2 Å². The van der Waals surface area contributed by atoms with E-state index in [1.54, 1.807) is 0 Å². The minimum atomic E-state index is -2.98. The van der Waals surface area contributed by atoms with Gasteiger partial charge in [0.1, 0.15) is 5.82 Å². The lowest BCUT2D eigenvalue weighted by molar-refractivity contribution is 0.0602. The molecular formula is C11H15N3O4S. The molecule has 0 aromatic carbocycles. The Labute approximate surface area is 111 Å². The molecule has 1 fully saturated rings. The number of hydrogen-bond acceptors (Lipinski definition) is 7. The lowest BCUT2D eigenvalue weighted by atomic mass is 10.2. The number of hydrogen-bond donors (Lipinski definition) is 2. The fourth-order valence-corrected chi connectivity index (χ4v) is 3.65. The summed E-state index contributed by atoms with van der Waals surface area (Å²) in [4.78, 5) is 15.5. The maximum Gasteiger partial charge on any atom is 0.340 e. The van der Waals surface area contributed by atoms with Crippen LogP contribution in [0.25, 0.3) is 0 Å². The number of carbonyl (C=O) groups excluding carboxylic acids is 1. The third-order valence-electron chi connectivity index (χ3n) is 2.97. The lowest BCUT2D eigenvalue weighted by Gasteiger charge is -2.14. The number of ether oxygens (including phenoxy) is 1. The average molecular weight is 285 g/mol. The van der Waals surface area contributed by atoms with Crippen molar-refractivity contribution in [3.05, 3.63) is 17.8 Å². The molecule has 1 aromatic rings. The highest BCUT2D eigenvalue weighted by Gasteiger charge is 2.28. The molecule has 0 aliphatic carbocycles. The number of nitrogens with zero attached hydrogens (tertiary/aromatic N) is 1. The summed E-state index contributed by atoms with van der Waals surface area (Å²) >= 11 is 0. The van der Waals surface area contributed by atoms with Gasteiger partial charge in [0.15, 0.2) is 9.84 Å². The maximum atomic E-state index is 11.5. The van der Waals surface area contributed by atoms with Crippen molar-refractivity contribution in [1.82, 2.24) is 4.98 Å². The molecule has 1 aliphatic rings. The first-order valence-corrected chi connectivity index (χ1v) is 7.55. The number of nitrogen functional groups attached to an aromatic ring is 1. The number of pyridine rings is 1. The Bertz CT molecular complexity index is 600. The number of methoxy groups -OCH3 is 1. The van der Waals surface area contributed by atoms with Crippen molar-refractivity contribution in [2.24, 2.45) is 0 Å². The Morgan fingerprint density at radius 1 is 1.58 bits per heavy atom. The van der Waals surface area contributed by atoms with Crippen LogP contribution in [-0.4, -0.2) is 44.0 Å². The molecule has 2 rings (SSSR count). The van der Waals surface area contributed by atoms with Gasteiger partial charge in [-0.1, -0.05) is 0 Å². The molecule has 3 N–H and O–H groups in total. The highest BCUT2D eigenvalue weighted by Crippen LogP contribution is 2.24. The van der Waals surface area contributed by atoms with Crippen LogP contribution in [0.3, 0.4) is 0 Å². The van der Waals surface area contributed by atoms with Gasteiger partial charge in [0, 0.05) is 12.2 Å². The second kappa shape index (κ2) is 5.04. The summed E-state index contributed by atoms with van der Waals surface area (Å²) in [7, 11) is -1.72. The zero-order valence-electron chi connectivity index (χ0n) is 10.4. The highest BCUT2D eigenvalue weighted by molar-refractivity contribution is 7.91. The van der Waals surface area contributed by atoms with Gasteiger partial charge in [-0.15, -0.1) is 0 Å². The van der Waals surface area contributed by atoms with Crippen LogP contribution < -0.4 is 11.1 Å². The Morgan fingerprint density at radius 2 is 2.32 bits per heavy atom. The van der Waals surface area contributed by atoms with Gasteiger partial charge in [-0.2, -0.15) is 0 Å². The van der Waals surface area contributed by atoms with Gasteiger partial charge in [0.05, 0.1) is 29.9 Å². The van der Waals surface area contributed by atoms with Crippen LogP contribution in [0.2, 0.25) is 0 Å². The van der Waals surface area contributed by atoms with Crippen LogP contribution in [0.15, 0.2) is 12.3 Å². The molecule has 0 radical (unpaired) electrons. The molecule has 0 amide bonds. The minimum Gasteiger partial charge on any atom is -0.465 e. The predicted molar refractivity (Wildman–Crippen MR) is 70.7 cm³/mol. The SMILES string of the molecule is COC(=O)c1ccnc(NC2CCS(=O)(=O)C2)c1N. The van der Waals surface area contributed by atoms with E-state index in [0.29, 0.717) is 12.2 Å². The summed E-state index contributed by atoms with van der Waals surface area (Å²) in [6, 6.07) is 1.23. The van der Waals surface area contributed by atoms with Gasteiger partial charge in [-0.3, -0.25) is 0 Å². The summed E-state index contributed by atoms with van der Waals surface area (Å²) in [5.41, 5.74) is 6.20. The summed E-state index contributed by atoms with van der Waals surface area (Å²) in [6.07, 6.45) is 1.93. The molecule has 1 unspecified atom stereocenters. The van der Waals surface area contributed by atoms with Crippen LogP contribution >= 0.6 is 0 Å². The van der Waals surface area contributed by atoms with Gasteiger partial charge in [0.2, 0.25) is 0 Å². The van der Waals surface area contributed by atoms with Gasteiger partial charge in [0.25, 0.3) is 0 Å². The van der Waals surface area contributed by atoms with Crippen molar-refractivity contribution in [3.8, 4) is 0 Å². The fourth-order valence-electron chi connectivity index (χ4n) is 1.98. The van der Waals surface area contributed by atoms with Crippen molar-refractivity contribution in [2.45, 2.75) is 12.5 Å². The molecule has 0 spiro atoms. The maximum absolute atomic E-state index is 11.5. The van der Waals surface area contributed by atoms with Crippen LogP contribution in [0.1, 0.15) is 16.8 Å².